The summed E-state index contributed by atoms with van der Waals surface area (Å²) < 4.78 is 11.2. The number of benzene rings is 1. The SMILES string of the molecule is CCCOc1ccc(C(=O)Nc2ccccn2)cc1OCC. The summed E-state index contributed by atoms with van der Waals surface area (Å²) in [5, 5.41) is 2.74. The number of carbonyl (C=O) groups excluding carboxylic acids is 1. The molecule has 2 rings (SSSR count). The first-order valence-corrected chi connectivity index (χ1v) is 7.36. The van der Waals surface area contributed by atoms with E-state index >= 15 is 0 Å². The minimum atomic E-state index is -0.235. The number of nitrogens with one attached hydrogen (secondary N) is 1. The molecule has 0 bridgehead atoms. The minimum Gasteiger partial charge on any atom is -0.490 e. The summed E-state index contributed by atoms with van der Waals surface area (Å²) in [6.07, 6.45) is 2.54. The summed E-state index contributed by atoms with van der Waals surface area (Å²) in [4.78, 5) is 16.3. The second kappa shape index (κ2) is 8.02. The van der Waals surface area contributed by atoms with E-state index in [1.807, 2.05) is 19.9 Å². The van der Waals surface area contributed by atoms with Crippen LogP contribution >= 0.6 is 0 Å². The number of pyridine rings is 1. The van der Waals surface area contributed by atoms with E-state index < -0.39 is 0 Å². The van der Waals surface area contributed by atoms with Gasteiger partial charge in [-0.3, -0.25) is 4.79 Å². The summed E-state index contributed by atoms with van der Waals surface area (Å²) in [5.74, 6) is 1.50. The van der Waals surface area contributed by atoms with Crippen LogP contribution in [0.15, 0.2) is 42.6 Å². The van der Waals surface area contributed by atoms with Gasteiger partial charge < -0.3 is 14.8 Å². The standard InChI is InChI=1S/C17H20N2O3/c1-3-11-22-14-9-8-13(12-15(14)21-4-2)17(20)19-16-7-5-6-10-18-16/h5-10,12H,3-4,11H2,1-2H3,(H,18,19,20). The third-order valence-electron chi connectivity index (χ3n) is 2.87. The van der Waals surface area contributed by atoms with Crippen molar-refractivity contribution in [2.45, 2.75) is 20.3 Å². The van der Waals surface area contributed by atoms with Crippen LogP contribution < -0.4 is 14.8 Å². The summed E-state index contributed by atoms with van der Waals surface area (Å²) in [7, 11) is 0. The molecule has 0 saturated heterocycles. The maximum absolute atomic E-state index is 12.2. The average molecular weight is 300 g/mol. The Morgan fingerprint density at radius 1 is 1.14 bits per heavy atom. The predicted molar refractivity (Wildman–Crippen MR) is 85.6 cm³/mol. The molecule has 0 unspecified atom stereocenters. The number of hydrogen-bond donors (Lipinski definition) is 1. The van der Waals surface area contributed by atoms with E-state index in [-0.39, 0.29) is 5.91 Å². The zero-order valence-electron chi connectivity index (χ0n) is 12.8. The van der Waals surface area contributed by atoms with E-state index in [2.05, 4.69) is 10.3 Å². The van der Waals surface area contributed by atoms with Gasteiger partial charge in [-0.1, -0.05) is 13.0 Å². The van der Waals surface area contributed by atoms with Gasteiger partial charge in [0, 0.05) is 11.8 Å². The lowest BCUT2D eigenvalue weighted by Crippen LogP contribution is -2.13. The molecule has 1 N–H and O–H groups in total. The number of rotatable bonds is 7. The van der Waals surface area contributed by atoms with Crippen molar-refractivity contribution >= 4 is 11.7 Å². The number of anilines is 1. The molecular formula is C17H20N2O3. The van der Waals surface area contributed by atoms with Gasteiger partial charge in [0.2, 0.25) is 0 Å². The van der Waals surface area contributed by atoms with Crippen molar-refractivity contribution in [2.24, 2.45) is 0 Å². The second-order valence-corrected chi connectivity index (χ2v) is 4.61. The summed E-state index contributed by atoms with van der Waals surface area (Å²) in [6, 6.07) is 10.5. The quantitative estimate of drug-likeness (QED) is 0.850. The Morgan fingerprint density at radius 3 is 2.68 bits per heavy atom. The van der Waals surface area contributed by atoms with Crippen molar-refractivity contribution in [3.63, 3.8) is 0 Å². The maximum atomic E-state index is 12.2. The number of carbonyl (C=O) groups is 1. The summed E-state index contributed by atoms with van der Waals surface area (Å²) in [5.41, 5.74) is 0.498. The second-order valence-electron chi connectivity index (χ2n) is 4.61. The van der Waals surface area contributed by atoms with Gasteiger partial charge in [-0.15, -0.1) is 0 Å². The van der Waals surface area contributed by atoms with Gasteiger partial charge in [0.1, 0.15) is 5.82 Å². The normalized spacial score (nSPS) is 10.1. The fraction of sp³-hybridized carbons (Fsp3) is 0.294. The van der Waals surface area contributed by atoms with E-state index in [1.54, 1.807) is 36.5 Å². The predicted octanol–water partition coefficient (Wildman–Crippen LogP) is 3.52. The molecule has 1 amide bonds. The molecule has 0 aliphatic rings. The van der Waals surface area contributed by atoms with Crippen LogP contribution in [0.3, 0.4) is 0 Å². The van der Waals surface area contributed by atoms with E-state index in [4.69, 9.17) is 9.47 Å². The fourth-order valence-electron chi connectivity index (χ4n) is 1.87. The molecule has 2 aromatic rings. The molecule has 0 aliphatic heterocycles. The topological polar surface area (TPSA) is 60.5 Å². The fourth-order valence-corrected chi connectivity index (χ4v) is 1.87. The van der Waals surface area contributed by atoms with Crippen molar-refractivity contribution in [2.75, 3.05) is 18.5 Å². The van der Waals surface area contributed by atoms with Gasteiger partial charge >= 0.3 is 0 Å². The Morgan fingerprint density at radius 2 is 2.00 bits per heavy atom. The highest BCUT2D eigenvalue weighted by atomic mass is 16.5. The molecule has 1 heterocycles. The highest BCUT2D eigenvalue weighted by Crippen LogP contribution is 2.29. The van der Waals surface area contributed by atoms with Crippen LogP contribution in [-0.2, 0) is 0 Å². The molecule has 22 heavy (non-hydrogen) atoms. The highest BCUT2D eigenvalue weighted by molar-refractivity contribution is 6.04. The van der Waals surface area contributed by atoms with Gasteiger partial charge in [0.05, 0.1) is 13.2 Å². The first kappa shape index (κ1) is 15.8. The van der Waals surface area contributed by atoms with Crippen LogP contribution in [0.2, 0.25) is 0 Å². The monoisotopic (exact) mass is 300 g/mol. The zero-order valence-corrected chi connectivity index (χ0v) is 12.8. The van der Waals surface area contributed by atoms with E-state index in [1.165, 1.54) is 0 Å². The molecule has 0 radical (unpaired) electrons. The largest absolute Gasteiger partial charge is 0.490 e. The van der Waals surface area contributed by atoms with Crippen molar-refractivity contribution in [3.8, 4) is 11.5 Å². The van der Waals surface area contributed by atoms with Gasteiger partial charge in [-0.25, -0.2) is 4.98 Å². The lowest BCUT2D eigenvalue weighted by Gasteiger charge is -2.13. The van der Waals surface area contributed by atoms with Crippen LogP contribution in [0.1, 0.15) is 30.6 Å². The minimum absolute atomic E-state index is 0.235. The molecular weight excluding hydrogens is 280 g/mol. The van der Waals surface area contributed by atoms with Crippen LogP contribution in [0, 0.1) is 0 Å². The maximum Gasteiger partial charge on any atom is 0.256 e. The molecule has 0 spiro atoms. The molecule has 116 valence electrons. The van der Waals surface area contributed by atoms with Gasteiger partial charge in [0.25, 0.3) is 5.91 Å². The first-order chi connectivity index (χ1) is 10.7. The Kier molecular flexibility index (Phi) is 5.77. The van der Waals surface area contributed by atoms with Gasteiger partial charge in [0.15, 0.2) is 11.5 Å². The van der Waals surface area contributed by atoms with E-state index in [0.717, 1.165) is 6.42 Å². The van der Waals surface area contributed by atoms with Crippen LogP contribution in [0.5, 0.6) is 11.5 Å². The lowest BCUT2D eigenvalue weighted by atomic mass is 10.2. The van der Waals surface area contributed by atoms with Gasteiger partial charge in [-0.05, 0) is 43.7 Å². The van der Waals surface area contributed by atoms with Crippen LogP contribution in [0.25, 0.3) is 0 Å². The number of ether oxygens (including phenoxy) is 2. The molecule has 0 fully saturated rings. The smallest absolute Gasteiger partial charge is 0.256 e. The molecule has 0 aliphatic carbocycles. The Bertz CT molecular complexity index is 615. The molecule has 1 aromatic carbocycles. The Labute approximate surface area is 130 Å². The van der Waals surface area contributed by atoms with E-state index in [9.17, 15) is 4.79 Å². The summed E-state index contributed by atoms with van der Waals surface area (Å²) in [6.45, 7) is 5.05. The Balaban J connectivity index is 2.16. The number of amides is 1. The van der Waals surface area contributed by atoms with Crippen LogP contribution in [0.4, 0.5) is 5.82 Å². The van der Waals surface area contributed by atoms with Crippen molar-refractivity contribution < 1.29 is 14.3 Å². The molecule has 0 saturated carbocycles. The third-order valence-corrected chi connectivity index (χ3v) is 2.87. The summed E-state index contributed by atoms with van der Waals surface area (Å²) >= 11 is 0. The highest BCUT2D eigenvalue weighted by Gasteiger charge is 2.12. The van der Waals surface area contributed by atoms with Crippen molar-refractivity contribution in [3.05, 3.63) is 48.2 Å². The lowest BCUT2D eigenvalue weighted by molar-refractivity contribution is 0.102. The first-order valence-electron chi connectivity index (χ1n) is 7.36. The molecule has 5 heteroatoms. The number of aromatic nitrogens is 1. The van der Waals surface area contributed by atoms with Crippen molar-refractivity contribution in [1.29, 1.82) is 0 Å². The van der Waals surface area contributed by atoms with Crippen molar-refractivity contribution in [1.82, 2.24) is 4.98 Å². The molecule has 1 aromatic heterocycles. The number of nitrogens with zero attached hydrogens (tertiary/aromatic N) is 1. The Hall–Kier alpha value is -2.56. The van der Waals surface area contributed by atoms with Crippen LogP contribution in [-0.4, -0.2) is 24.1 Å². The third kappa shape index (κ3) is 4.22. The van der Waals surface area contributed by atoms with Gasteiger partial charge in [-0.2, -0.15) is 0 Å². The molecule has 5 nitrogen and oxygen atoms in total. The average Bonchev–Trinajstić information content (AvgIpc) is 2.55. The van der Waals surface area contributed by atoms with E-state index in [0.29, 0.717) is 36.1 Å². The number of hydrogen-bond acceptors (Lipinski definition) is 4. The zero-order chi connectivity index (χ0) is 15.8. The molecule has 0 atom stereocenters.